The minimum atomic E-state index is -0.778. The van der Waals surface area contributed by atoms with Crippen LogP contribution in [-0.4, -0.2) is 41.5 Å². The van der Waals surface area contributed by atoms with Gasteiger partial charge < -0.3 is 15.7 Å². The summed E-state index contributed by atoms with van der Waals surface area (Å²) in [5.41, 5.74) is 4.74. The molecule has 0 aromatic heterocycles. The topological polar surface area (TPSA) is 83.6 Å². The Balaban J connectivity index is 2.11. The van der Waals surface area contributed by atoms with E-state index in [1.54, 1.807) is 4.90 Å². The summed E-state index contributed by atoms with van der Waals surface area (Å²) in [4.78, 5) is 26.2. The number of carboxylic acids is 1. The maximum atomic E-state index is 12.9. The molecule has 5 heteroatoms. The van der Waals surface area contributed by atoms with Crippen molar-refractivity contribution in [2.75, 3.05) is 19.6 Å². The van der Waals surface area contributed by atoms with Crippen molar-refractivity contribution in [1.82, 2.24) is 4.90 Å². The van der Waals surface area contributed by atoms with Gasteiger partial charge in [-0.05, 0) is 44.4 Å². The molecule has 1 amide bonds. The number of nitrogens with two attached hydrogens (primary N) is 1. The number of hydrogen-bond acceptors (Lipinski definition) is 3. The molecule has 0 radical (unpaired) electrons. The quantitative estimate of drug-likeness (QED) is 0.829. The molecule has 0 aromatic rings. The molecule has 5 nitrogen and oxygen atoms in total. The van der Waals surface area contributed by atoms with Crippen LogP contribution in [0.15, 0.2) is 0 Å². The largest absolute Gasteiger partial charge is 0.481 e. The van der Waals surface area contributed by atoms with Crippen LogP contribution >= 0.6 is 0 Å². The molecule has 1 saturated heterocycles. The number of carboxylic acid groups (broad SMARTS) is 1. The minimum Gasteiger partial charge on any atom is -0.481 e. The van der Waals surface area contributed by atoms with E-state index in [4.69, 9.17) is 5.73 Å². The molecule has 120 valence electrons. The highest BCUT2D eigenvalue weighted by Crippen LogP contribution is 2.42. The van der Waals surface area contributed by atoms with Crippen molar-refractivity contribution in [2.24, 2.45) is 22.5 Å². The smallest absolute Gasteiger partial charge is 0.311 e. The third-order valence-electron chi connectivity index (χ3n) is 5.85. The molecule has 2 rings (SSSR count). The number of nitrogens with zero attached hydrogens (tertiary/aromatic N) is 1. The van der Waals surface area contributed by atoms with E-state index in [1.807, 2.05) is 6.92 Å². The van der Waals surface area contributed by atoms with Crippen molar-refractivity contribution in [3.63, 3.8) is 0 Å². The fourth-order valence-electron chi connectivity index (χ4n) is 3.82. The van der Waals surface area contributed by atoms with E-state index in [9.17, 15) is 14.7 Å². The number of hydrogen-bond donors (Lipinski definition) is 2. The molecular formula is C16H28N2O3. The predicted molar refractivity (Wildman–Crippen MR) is 80.7 cm³/mol. The lowest BCUT2D eigenvalue weighted by Crippen LogP contribution is -2.50. The molecule has 21 heavy (non-hydrogen) atoms. The van der Waals surface area contributed by atoms with E-state index in [0.29, 0.717) is 38.4 Å². The average Bonchev–Trinajstić information content (AvgIpc) is 2.93. The molecule has 1 aliphatic heterocycles. The molecule has 1 aliphatic carbocycles. The number of likely N-dealkylation sites (tertiary alicyclic amines) is 1. The fraction of sp³-hybridized carbons (Fsp3) is 0.875. The van der Waals surface area contributed by atoms with E-state index in [0.717, 1.165) is 25.7 Å². The van der Waals surface area contributed by atoms with Gasteiger partial charge in [0.05, 0.1) is 10.8 Å². The third kappa shape index (κ3) is 2.80. The Labute approximate surface area is 126 Å². The first-order valence-electron chi connectivity index (χ1n) is 8.12. The summed E-state index contributed by atoms with van der Waals surface area (Å²) in [5, 5.41) is 9.47. The van der Waals surface area contributed by atoms with Crippen LogP contribution in [0.2, 0.25) is 0 Å². The molecule has 1 saturated carbocycles. The van der Waals surface area contributed by atoms with Crippen LogP contribution in [0.4, 0.5) is 0 Å². The molecule has 2 fully saturated rings. The van der Waals surface area contributed by atoms with Gasteiger partial charge in [-0.15, -0.1) is 0 Å². The van der Waals surface area contributed by atoms with Gasteiger partial charge in [0.2, 0.25) is 5.91 Å². The SMILES string of the molecule is CCC1(C(=O)O)CCN(C(=O)C2(CN)CCC(C)CC2)C1. The van der Waals surface area contributed by atoms with Crippen LogP contribution in [0, 0.1) is 16.7 Å². The highest BCUT2D eigenvalue weighted by Gasteiger charge is 2.49. The highest BCUT2D eigenvalue weighted by molar-refractivity contribution is 5.85. The van der Waals surface area contributed by atoms with Gasteiger partial charge in [-0.1, -0.05) is 13.8 Å². The first-order valence-corrected chi connectivity index (χ1v) is 8.12. The third-order valence-corrected chi connectivity index (χ3v) is 5.85. The zero-order chi connectivity index (χ0) is 15.7. The standard InChI is InChI=1S/C16H28N2O3/c1-3-15(14(20)21)8-9-18(11-15)13(19)16(10-17)6-4-12(2)5-7-16/h12H,3-11,17H2,1-2H3,(H,20,21). The van der Waals surface area contributed by atoms with Gasteiger partial charge in [-0.3, -0.25) is 9.59 Å². The van der Waals surface area contributed by atoms with Crippen molar-refractivity contribution in [3.8, 4) is 0 Å². The van der Waals surface area contributed by atoms with Crippen LogP contribution in [0.1, 0.15) is 52.4 Å². The van der Waals surface area contributed by atoms with Crippen LogP contribution in [0.3, 0.4) is 0 Å². The van der Waals surface area contributed by atoms with E-state index in [2.05, 4.69) is 6.92 Å². The molecule has 0 aromatic carbocycles. The molecule has 1 unspecified atom stereocenters. The van der Waals surface area contributed by atoms with Crippen LogP contribution in [-0.2, 0) is 9.59 Å². The van der Waals surface area contributed by atoms with Gasteiger partial charge in [-0.25, -0.2) is 0 Å². The number of rotatable bonds is 4. The Morgan fingerprint density at radius 1 is 1.24 bits per heavy atom. The molecule has 0 spiro atoms. The summed E-state index contributed by atoms with van der Waals surface area (Å²) >= 11 is 0. The lowest BCUT2D eigenvalue weighted by molar-refractivity contribution is -0.150. The Bertz CT molecular complexity index is 416. The summed E-state index contributed by atoms with van der Waals surface area (Å²) in [6.45, 7) is 5.38. The highest BCUT2D eigenvalue weighted by atomic mass is 16.4. The molecular weight excluding hydrogens is 268 g/mol. The maximum Gasteiger partial charge on any atom is 0.311 e. The lowest BCUT2D eigenvalue weighted by atomic mass is 9.70. The monoisotopic (exact) mass is 296 g/mol. The number of amides is 1. The predicted octanol–water partition coefficient (Wildman–Crippen LogP) is 1.85. The van der Waals surface area contributed by atoms with Gasteiger partial charge in [0.25, 0.3) is 0 Å². The van der Waals surface area contributed by atoms with Gasteiger partial charge in [0.1, 0.15) is 0 Å². The fourth-order valence-corrected chi connectivity index (χ4v) is 3.82. The Kier molecular flexibility index (Phi) is 4.61. The van der Waals surface area contributed by atoms with Crippen LogP contribution in [0.25, 0.3) is 0 Å². The van der Waals surface area contributed by atoms with E-state index in [1.165, 1.54) is 0 Å². The second-order valence-corrected chi connectivity index (χ2v) is 7.08. The molecule has 3 N–H and O–H groups in total. The van der Waals surface area contributed by atoms with Gasteiger partial charge in [0, 0.05) is 19.6 Å². The normalized spacial score (nSPS) is 36.7. The van der Waals surface area contributed by atoms with Gasteiger partial charge in [0.15, 0.2) is 0 Å². The van der Waals surface area contributed by atoms with Crippen molar-refractivity contribution < 1.29 is 14.7 Å². The van der Waals surface area contributed by atoms with E-state index < -0.39 is 16.8 Å². The van der Waals surface area contributed by atoms with E-state index in [-0.39, 0.29) is 5.91 Å². The van der Waals surface area contributed by atoms with Crippen molar-refractivity contribution in [1.29, 1.82) is 0 Å². The summed E-state index contributed by atoms with van der Waals surface area (Å²) in [6.07, 6.45) is 4.88. The second-order valence-electron chi connectivity index (χ2n) is 7.08. The van der Waals surface area contributed by atoms with E-state index >= 15 is 0 Å². The summed E-state index contributed by atoms with van der Waals surface area (Å²) < 4.78 is 0. The van der Waals surface area contributed by atoms with Gasteiger partial charge >= 0.3 is 5.97 Å². The zero-order valence-corrected chi connectivity index (χ0v) is 13.2. The summed E-state index contributed by atoms with van der Waals surface area (Å²) in [5.74, 6) is -0.0300. The Morgan fingerprint density at radius 2 is 1.86 bits per heavy atom. The van der Waals surface area contributed by atoms with Crippen molar-refractivity contribution >= 4 is 11.9 Å². The number of aliphatic carboxylic acids is 1. The molecule has 0 bridgehead atoms. The Morgan fingerprint density at radius 3 is 2.29 bits per heavy atom. The summed E-state index contributed by atoms with van der Waals surface area (Å²) in [6, 6.07) is 0. The average molecular weight is 296 g/mol. The van der Waals surface area contributed by atoms with Crippen LogP contribution in [0.5, 0.6) is 0 Å². The Hall–Kier alpha value is -1.10. The van der Waals surface area contributed by atoms with Crippen molar-refractivity contribution in [2.45, 2.75) is 52.4 Å². The molecule has 1 atom stereocenters. The first-order chi connectivity index (χ1) is 9.89. The summed E-state index contributed by atoms with van der Waals surface area (Å²) in [7, 11) is 0. The number of carbonyl (C=O) groups excluding carboxylic acids is 1. The van der Waals surface area contributed by atoms with Crippen molar-refractivity contribution in [3.05, 3.63) is 0 Å². The van der Waals surface area contributed by atoms with Crippen LogP contribution < -0.4 is 5.73 Å². The lowest BCUT2D eigenvalue weighted by Gasteiger charge is -2.40. The molecule has 1 heterocycles. The zero-order valence-electron chi connectivity index (χ0n) is 13.2. The first kappa shape index (κ1) is 16.3. The minimum absolute atomic E-state index is 0.0912. The maximum absolute atomic E-state index is 12.9. The number of carbonyl (C=O) groups is 2. The van der Waals surface area contributed by atoms with Gasteiger partial charge in [-0.2, -0.15) is 0 Å². The second kappa shape index (κ2) is 5.95. The molecule has 2 aliphatic rings.